The quantitative estimate of drug-likeness (QED) is 0.219. The Morgan fingerprint density at radius 3 is 2.36 bits per heavy atom. The molecule has 3 aliphatic heterocycles. The molecule has 0 saturated carbocycles. The van der Waals surface area contributed by atoms with E-state index in [1.165, 1.54) is 15.6 Å². The number of thiazole rings is 1. The van der Waals surface area contributed by atoms with Crippen LogP contribution < -0.4 is 9.64 Å². The summed E-state index contributed by atoms with van der Waals surface area (Å²) in [6.07, 6.45) is 10.2. The molecule has 2 aromatic carbocycles. The second kappa shape index (κ2) is 13.1. The minimum Gasteiger partial charge on any atom is -0.467 e. The van der Waals surface area contributed by atoms with E-state index in [9.17, 15) is 18.0 Å². The van der Waals surface area contributed by atoms with E-state index >= 15 is 0 Å². The van der Waals surface area contributed by atoms with Gasteiger partial charge in [0, 0.05) is 58.0 Å². The van der Waals surface area contributed by atoms with Gasteiger partial charge in [0.2, 0.25) is 16.0 Å². The van der Waals surface area contributed by atoms with Gasteiger partial charge in [-0.25, -0.2) is 23.4 Å². The number of nitrogens with zero attached hydrogens (tertiary/aromatic N) is 6. The van der Waals surface area contributed by atoms with Crippen molar-refractivity contribution < 1.29 is 22.7 Å². The molecule has 0 aliphatic carbocycles. The Morgan fingerprint density at radius 2 is 1.70 bits per heavy atom. The summed E-state index contributed by atoms with van der Waals surface area (Å²) in [5.74, 6) is -0.429. The van der Waals surface area contributed by atoms with Gasteiger partial charge in [-0.2, -0.15) is 4.31 Å². The Bertz CT molecular complexity index is 1920. The topological polar surface area (TPSA) is 126 Å². The second-order valence-electron chi connectivity index (χ2n) is 12.1. The number of imide groups is 1. The van der Waals surface area contributed by atoms with E-state index in [1.54, 1.807) is 24.3 Å². The van der Waals surface area contributed by atoms with Crippen LogP contribution in [0.4, 0.5) is 5.95 Å². The number of sulfonamides is 1. The number of carbonyl (C=O) groups is 2. The minimum absolute atomic E-state index is 0.0802. The molecule has 0 unspecified atom stereocenters. The van der Waals surface area contributed by atoms with Crippen molar-refractivity contribution in [3.63, 3.8) is 0 Å². The normalized spacial score (nSPS) is 17.8. The highest BCUT2D eigenvalue weighted by Crippen LogP contribution is 2.34. The first-order valence-corrected chi connectivity index (χ1v) is 18.5. The lowest BCUT2D eigenvalue weighted by Gasteiger charge is -2.31. The number of fused-ring (bicyclic) bond motifs is 2. The van der Waals surface area contributed by atoms with Crippen LogP contribution in [0.15, 0.2) is 60.9 Å². The number of carbonyl (C=O) groups excluding carboxylic acids is 2. The standard InChI is InChI=1S/C34H36N6O5S2/c1-2-5-23-21-35-33(36-22-23)38-14-12-26(13-15-38)45-34-37-29-9-8-25(20-30(29)46-34)24-10-16-39(17-11-24)47(43,44)19-18-40-31(41)27-6-3-4-7-28(27)32(40)42/h3-4,6-10,20-22,26H,2,5,11-19H2,1H3. The van der Waals surface area contributed by atoms with Crippen molar-refractivity contribution in [3.8, 4) is 5.19 Å². The fraction of sp³-hybridized carbons (Fsp3) is 0.382. The summed E-state index contributed by atoms with van der Waals surface area (Å²) in [6, 6.07) is 12.7. The van der Waals surface area contributed by atoms with Crippen LogP contribution in [0.1, 0.15) is 64.4 Å². The number of piperidine rings is 1. The summed E-state index contributed by atoms with van der Waals surface area (Å²) >= 11 is 1.53. The SMILES string of the molecule is CCCc1cnc(N2CCC(Oc3nc4ccc(C5=CCN(S(=O)(=O)CCN6C(=O)c7ccccc7C6=O)CC5)cc4s3)CC2)nc1. The Labute approximate surface area is 278 Å². The predicted octanol–water partition coefficient (Wildman–Crippen LogP) is 4.80. The highest BCUT2D eigenvalue weighted by atomic mass is 32.2. The molecule has 5 heterocycles. The summed E-state index contributed by atoms with van der Waals surface area (Å²) in [6.45, 7) is 4.21. The summed E-state index contributed by atoms with van der Waals surface area (Å²) in [5.41, 5.74) is 4.79. The van der Waals surface area contributed by atoms with Crippen molar-refractivity contribution in [1.29, 1.82) is 0 Å². The largest absolute Gasteiger partial charge is 0.467 e. The molecule has 3 aliphatic rings. The van der Waals surface area contributed by atoms with Gasteiger partial charge in [0.05, 0.1) is 27.1 Å². The molecule has 0 bridgehead atoms. The van der Waals surface area contributed by atoms with Crippen molar-refractivity contribution in [2.24, 2.45) is 0 Å². The van der Waals surface area contributed by atoms with Crippen LogP contribution in [-0.2, 0) is 16.4 Å². The third-order valence-corrected chi connectivity index (χ3v) is 11.7. The van der Waals surface area contributed by atoms with Gasteiger partial charge < -0.3 is 9.64 Å². The molecule has 1 saturated heterocycles. The zero-order valence-corrected chi connectivity index (χ0v) is 27.8. The molecule has 11 nitrogen and oxygen atoms in total. The fourth-order valence-electron chi connectivity index (χ4n) is 6.34. The van der Waals surface area contributed by atoms with Gasteiger partial charge in [-0.05, 0) is 53.8 Å². The van der Waals surface area contributed by atoms with E-state index in [2.05, 4.69) is 27.9 Å². The molecule has 0 spiro atoms. The van der Waals surface area contributed by atoms with Crippen LogP contribution >= 0.6 is 11.3 Å². The van der Waals surface area contributed by atoms with Crippen LogP contribution in [-0.4, -0.2) is 89.0 Å². The molecular weight excluding hydrogens is 637 g/mol. The molecule has 0 N–H and O–H groups in total. The highest BCUT2D eigenvalue weighted by Gasteiger charge is 2.36. The van der Waals surface area contributed by atoms with E-state index in [1.807, 2.05) is 30.6 Å². The van der Waals surface area contributed by atoms with Gasteiger partial charge in [-0.1, -0.05) is 49.0 Å². The zero-order chi connectivity index (χ0) is 32.5. The maximum atomic E-state index is 13.2. The maximum Gasteiger partial charge on any atom is 0.274 e. The van der Waals surface area contributed by atoms with Gasteiger partial charge in [-0.15, -0.1) is 0 Å². The van der Waals surface area contributed by atoms with E-state index in [4.69, 9.17) is 9.72 Å². The number of benzene rings is 2. The maximum absolute atomic E-state index is 13.2. The Kier molecular flexibility index (Phi) is 8.77. The minimum atomic E-state index is -3.67. The van der Waals surface area contributed by atoms with Gasteiger partial charge in [0.15, 0.2) is 0 Å². The Hall–Kier alpha value is -4.20. The van der Waals surface area contributed by atoms with Crippen LogP contribution in [0.5, 0.6) is 5.19 Å². The highest BCUT2D eigenvalue weighted by molar-refractivity contribution is 7.89. The van der Waals surface area contributed by atoms with Crippen LogP contribution in [0.2, 0.25) is 0 Å². The smallest absolute Gasteiger partial charge is 0.274 e. The molecule has 0 atom stereocenters. The van der Waals surface area contributed by atoms with E-state index in [0.717, 1.165) is 76.5 Å². The first-order chi connectivity index (χ1) is 22.8. The summed E-state index contributed by atoms with van der Waals surface area (Å²) in [7, 11) is -3.67. The van der Waals surface area contributed by atoms with Crippen molar-refractivity contribution >= 4 is 54.9 Å². The second-order valence-corrected chi connectivity index (χ2v) is 15.2. The number of amides is 2. The molecule has 2 aromatic heterocycles. The lowest BCUT2D eigenvalue weighted by Crippen LogP contribution is -2.41. The number of hydrogen-bond acceptors (Lipinski definition) is 10. The number of rotatable bonds is 10. The lowest BCUT2D eigenvalue weighted by molar-refractivity contribution is 0.0663. The van der Waals surface area contributed by atoms with Crippen LogP contribution in [0.25, 0.3) is 15.8 Å². The zero-order valence-electron chi connectivity index (χ0n) is 26.2. The van der Waals surface area contributed by atoms with Gasteiger partial charge in [0.25, 0.3) is 17.0 Å². The summed E-state index contributed by atoms with van der Waals surface area (Å²) in [5, 5.41) is 0.656. The lowest BCUT2D eigenvalue weighted by atomic mass is 10.0. The summed E-state index contributed by atoms with van der Waals surface area (Å²) < 4.78 is 35.1. The van der Waals surface area contributed by atoms with Crippen molar-refractivity contribution in [3.05, 3.63) is 83.2 Å². The Balaban J connectivity index is 0.932. The molecule has 13 heteroatoms. The summed E-state index contributed by atoms with van der Waals surface area (Å²) in [4.78, 5) is 42.4. The first-order valence-electron chi connectivity index (χ1n) is 16.0. The molecular formula is C34H36N6O5S2. The van der Waals surface area contributed by atoms with Gasteiger partial charge >= 0.3 is 0 Å². The molecule has 7 rings (SSSR count). The van der Waals surface area contributed by atoms with Crippen LogP contribution in [0.3, 0.4) is 0 Å². The molecule has 2 amide bonds. The van der Waals surface area contributed by atoms with Gasteiger partial charge in [-0.3, -0.25) is 14.5 Å². The molecule has 244 valence electrons. The number of aryl methyl sites for hydroxylation is 1. The average Bonchev–Trinajstić information content (AvgIpc) is 3.61. The molecule has 1 fully saturated rings. The van der Waals surface area contributed by atoms with Crippen molar-refractivity contribution in [1.82, 2.24) is 24.2 Å². The monoisotopic (exact) mass is 672 g/mol. The first kappa shape index (κ1) is 31.4. The van der Waals surface area contributed by atoms with E-state index in [0.29, 0.717) is 29.3 Å². The van der Waals surface area contributed by atoms with E-state index in [-0.39, 0.29) is 24.9 Å². The third kappa shape index (κ3) is 6.52. The van der Waals surface area contributed by atoms with Crippen molar-refractivity contribution in [2.45, 2.75) is 45.1 Å². The fourth-order valence-corrected chi connectivity index (χ4v) is 8.61. The predicted molar refractivity (Wildman–Crippen MR) is 181 cm³/mol. The molecule has 4 aromatic rings. The average molecular weight is 673 g/mol. The third-order valence-electron chi connectivity index (χ3n) is 8.98. The number of hydrogen-bond donors (Lipinski definition) is 0. The Morgan fingerprint density at radius 1 is 0.979 bits per heavy atom. The molecule has 47 heavy (non-hydrogen) atoms. The van der Waals surface area contributed by atoms with Crippen LogP contribution in [0, 0.1) is 0 Å². The van der Waals surface area contributed by atoms with Gasteiger partial charge in [0.1, 0.15) is 6.10 Å². The molecule has 0 radical (unpaired) electrons. The number of anilines is 1. The van der Waals surface area contributed by atoms with E-state index < -0.39 is 21.8 Å². The number of aromatic nitrogens is 3. The van der Waals surface area contributed by atoms with Crippen molar-refractivity contribution in [2.75, 3.05) is 43.4 Å². The number of ether oxygens (including phenoxy) is 1.